The molecule has 1 aromatic carbocycles. The van der Waals surface area contributed by atoms with Crippen molar-refractivity contribution < 1.29 is 0 Å². The van der Waals surface area contributed by atoms with Gasteiger partial charge in [0.15, 0.2) is 0 Å². The van der Waals surface area contributed by atoms with Gasteiger partial charge in [0.1, 0.15) is 0 Å². The van der Waals surface area contributed by atoms with Gasteiger partial charge in [-0.2, -0.15) is 0 Å². The van der Waals surface area contributed by atoms with Gasteiger partial charge in [0.05, 0.1) is 8.61 Å². The Bertz CT molecular complexity index is 559. The third-order valence-corrected chi connectivity index (χ3v) is 6.66. The molecule has 1 aromatic heterocycles. The zero-order valence-corrected chi connectivity index (χ0v) is 15.6. The van der Waals surface area contributed by atoms with Crippen LogP contribution in [0.5, 0.6) is 0 Å². The molecular formula is C16H18Br2S. The first-order valence-corrected chi connectivity index (χ1v) is 8.82. The van der Waals surface area contributed by atoms with Crippen molar-refractivity contribution in [1.29, 1.82) is 0 Å². The van der Waals surface area contributed by atoms with E-state index in [-0.39, 0.29) is 10.2 Å². The lowest BCUT2D eigenvalue weighted by Crippen LogP contribution is -2.14. The van der Waals surface area contributed by atoms with E-state index in [0.717, 1.165) is 0 Å². The highest BCUT2D eigenvalue weighted by molar-refractivity contribution is 9.11. The Labute approximate surface area is 136 Å². The van der Waals surface area contributed by atoms with Gasteiger partial charge in [-0.05, 0) is 51.0 Å². The maximum Gasteiger partial charge on any atom is 0.0741 e. The van der Waals surface area contributed by atoms with E-state index >= 15 is 0 Å². The molecule has 0 fully saturated rings. The smallest absolute Gasteiger partial charge is 0.0741 e. The number of rotatable bonds is 2. The Kier molecular flexibility index (Phi) is 4.59. The highest BCUT2D eigenvalue weighted by atomic mass is 79.9. The average Bonchev–Trinajstić information content (AvgIpc) is 2.68. The van der Waals surface area contributed by atoms with Crippen molar-refractivity contribution in [2.45, 2.75) is 37.9 Å². The monoisotopic (exact) mass is 400 g/mol. The molecule has 2 aromatic rings. The van der Waals surface area contributed by atoms with Crippen molar-refractivity contribution in [3.8, 4) is 0 Å². The summed E-state index contributed by atoms with van der Waals surface area (Å²) in [5.74, 6) is 0. The molecule has 0 nitrogen and oxygen atoms in total. The third-order valence-electron chi connectivity index (χ3n) is 3.17. The second-order valence-electron chi connectivity index (χ2n) is 5.81. The molecule has 0 spiro atoms. The molecule has 0 bridgehead atoms. The van der Waals surface area contributed by atoms with E-state index in [1.54, 1.807) is 11.3 Å². The van der Waals surface area contributed by atoms with Gasteiger partial charge in [-0.1, -0.05) is 61.0 Å². The van der Waals surface area contributed by atoms with Crippen molar-refractivity contribution in [1.82, 2.24) is 0 Å². The van der Waals surface area contributed by atoms with Crippen molar-refractivity contribution in [3.63, 3.8) is 0 Å². The topological polar surface area (TPSA) is 0 Å². The maximum atomic E-state index is 3.87. The summed E-state index contributed by atoms with van der Waals surface area (Å²) >= 11 is 9.29. The quantitative estimate of drug-likeness (QED) is 0.497. The van der Waals surface area contributed by atoms with Gasteiger partial charge in [0.2, 0.25) is 0 Å². The van der Waals surface area contributed by atoms with E-state index in [2.05, 4.69) is 89.9 Å². The first kappa shape index (κ1) is 15.3. The molecule has 19 heavy (non-hydrogen) atoms. The van der Waals surface area contributed by atoms with E-state index in [4.69, 9.17) is 0 Å². The normalized spacial score (nSPS) is 13.6. The average molecular weight is 402 g/mol. The summed E-state index contributed by atoms with van der Waals surface area (Å²) in [5, 5.41) is 0. The van der Waals surface area contributed by atoms with Crippen LogP contribution < -0.4 is 0 Å². The number of aryl methyl sites for hydroxylation is 1. The van der Waals surface area contributed by atoms with E-state index in [1.165, 1.54) is 25.4 Å². The van der Waals surface area contributed by atoms with Crippen LogP contribution in [0.25, 0.3) is 0 Å². The van der Waals surface area contributed by atoms with E-state index in [0.29, 0.717) is 0 Å². The van der Waals surface area contributed by atoms with Gasteiger partial charge >= 0.3 is 0 Å². The van der Waals surface area contributed by atoms with E-state index in [9.17, 15) is 0 Å². The van der Waals surface area contributed by atoms with E-state index in [1.807, 2.05) is 0 Å². The summed E-state index contributed by atoms with van der Waals surface area (Å²) < 4.78 is 1.22. The van der Waals surface area contributed by atoms with Crippen LogP contribution in [0, 0.1) is 6.92 Å². The zero-order chi connectivity index (χ0) is 14.2. The molecule has 2 rings (SSSR count). The fourth-order valence-electron chi connectivity index (χ4n) is 2.16. The number of benzene rings is 1. The molecule has 0 N–H and O–H groups in total. The van der Waals surface area contributed by atoms with Gasteiger partial charge in [0.25, 0.3) is 0 Å². The Morgan fingerprint density at radius 3 is 2.32 bits per heavy atom. The minimum atomic E-state index is 0.159. The van der Waals surface area contributed by atoms with Crippen molar-refractivity contribution in [3.05, 3.63) is 55.7 Å². The largest absolute Gasteiger partial charge is 0.131 e. The number of hydrogen-bond acceptors (Lipinski definition) is 1. The minimum Gasteiger partial charge on any atom is -0.131 e. The third kappa shape index (κ3) is 3.32. The van der Waals surface area contributed by atoms with Crippen molar-refractivity contribution in [2.24, 2.45) is 0 Å². The Balaban J connectivity index is 2.47. The van der Waals surface area contributed by atoms with Crippen LogP contribution in [0.15, 0.2) is 34.1 Å². The standard InChI is InChI=1S/C16H18Br2S/c1-10-9-13(19-15(10)18)14(17)11-7-5-6-8-12(11)16(2,3)4/h5-9,14H,1-4H3. The summed E-state index contributed by atoms with van der Waals surface area (Å²) in [6.45, 7) is 8.93. The van der Waals surface area contributed by atoms with Crippen molar-refractivity contribution in [2.75, 3.05) is 0 Å². The highest BCUT2D eigenvalue weighted by Gasteiger charge is 2.23. The molecule has 0 saturated carbocycles. The molecule has 0 amide bonds. The summed E-state index contributed by atoms with van der Waals surface area (Å²) in [4.78, 5) is 1.61. The van der Waals surface area contributed by atoms with Crippen LogP contribution >= 0.6 is 43.2 Å². The van der Waals surface area contributed by atoms with Gasteiger partial charge in [0, 0.05) is 4.88 Å². The molecule has 1 unspecified atom stereocenters. The first-order chi connectivity index (χ1) is 8.80. The van der Waals surface area contributed by atoms with Gasteiger partial charge in [-0.15, -0.1) is 11.3 Å². The molecular weight excluding hydrogens is 384 g/mol. The molecule has 0 aliphatic rings. The van der Waals surface area contributed by atoms with Gasteiger partial charge in [-0.25, -0.2) is 0 Å². The lowest BCUT2D eigenvalue weighted by Gasteiger charge is -2.24. The molecule has 3 heteroatoms. The molecule has 102 valence electrons. The summed E-state index contributed by atoms with van der Waals surface area (Å²) in [7, 11) is 0. The summed E-state index contributed by atoms with van der Waals surface area (Å²) in [6, 6.07) is 11.0. The number of hydrogen-bond donors (Lipinski definition) is 0. The Hall–Kier alpha value is -0.120. The van der Waals surface area contributed by atoms with Crippen LogP contribution in [0.4, 0.5) is 0 Å². The number of halogens is 2. The van der Waals surface area contributed by atoms with Crippen LogP contribution in [-0.4, -0.2) is 0 Å². The van der Waals surface area contributed by atoms with Crippen LogP contribution in [0.1, 0.15) is 47.2 Å². The second kappa shape index (κ2) is 5.71. The van der Waals surface area contributed by atoms with Crippen LogP contribution in [-0.2, 0) is 5.41 Å². The van der Waals surface area contributed by atoms with Crippen LogP contribution in [0.3, 0.4) is 0 Å². The lowest BCUT2D eigenvalue weighted by atomic mass is 9.83. The fraction of sp³-hybridized carbons (Fsp3) is 0.375. The van der Waals surface area contributed by atoms with Gasteiger partial charge in [-0.3, -0.25) is 0 Å². The molecule has 0 aliphatic heterocycles. The number of alkyl halides is 1. The molecule has 0 radical (unpaired) electrons. The SMILES string of the molecule is Cc1cc(C(Br)c2ccccc2C(C)(C)C)sc1Br. The second-order valence-corrected chi connectivity index (χ2v) is 9.12. The minimum absolute atomic E-state index is 0.159. The predicted octanol–water partition coefficient (Wildman–Crippen LogP) is 6.60. The first-order valence-electron chi connectivity index (χ1n) is 6.30. The Morgan fingerprint density at radius 2 is 1.79 bits per heavy atom. The molecule has 0 aliphatic carbocycles. The summed E-state index contributed by atoms with van der Waals surface area (Å²) in [5.41, 5.74) is 4.23. The highest BCUT2D eigenvalue weighted by Crippen LogP contribution is 2.42. The zero-order valence-electron chi connectivity index (χ0n) is 11.6. The fourth-order valence-corrected chi connectivity index (χ4v) is 4.54. The molecule has 1 atom stereocenters. The van der Waals surface area contributed by atoms with Crippen LogP contribution in [0.2, 0.25) is 0 Å². The number of thiophene rings is 1. The molecule has 1 heterocycles. The summed E-state index contributed by atoms with van der Waals surface area (Å²) in [6.07, 6.45) is 0. The maximum absolute atomic E-state index is 3.87. The van der Waals surface area contributed by atoms with Crippen molar-refractivity contribution >= 4 is 43.2 Å². The van der Waals surface area contributed by atoms with Gasteiger partial charge < -0.3 is 0 Å². The molecule has 0 saturated heterocycles. The lowest BCUT2D eigenvalue weighted by molar-refractivity contribution is 0.584. The predicted molar refractivity (Wildman–Crippen MR) is 92.7 cm³/mol. The van der Waals surface area contributed by atoms with E-state index < -0.39 is 0 Å². The Morgan fingerprint density at radius 1 is 1.16 bits per heavy atom.